The van der Waals surface area contributed by atoms with E-state index in [0.717, 1.165) is 11.5 Å². The molecule has 0 rings (SSSR count). The highest BCUT2D eigenvalue weighted by atomic mass is 32.2. The Morgan fingerprint density at radius 1 is 1.33 bits per heavy atom. The summed E-state index contributed by atoms with van der Waals surface area (Å²) in [5, 5.41) is 17.8. The minimum Gasteiger partial charge on any atom is -0.396 e. The van der Waals surface area contributed by atoms with Crippen LogP contribution in [0.25, 0.3) is 0 Å². The smallest absolute Gasteiger partial charge is 0.0721 e. The molecule has 0 radical (unpaired) electrons. The van der Waals surface area contributed by atoms with Gasteiger partial charge in [0.1, 0.15) is 0 Å². The number of aliphatic hydroxyl groups excluding tert-OH is 2. The van der Waals surface area contributed by atoms with E-state index in [0.29, 0.717) is 11.5 Å². The van der Waals surface area contributed by atoms with E-state index >= 15 is 0 Å². The van der Waals surface area contributed by atoms with Crippen molar-refractivity contribution in [1.29, 1.82) is 0 Å². The maximum absolute atomic E-state index is 9.34. The number of hydrogen-bond acceptors (Lipinski definition) is 4. The van der Waals surface area contributed by atoms with Gasteiger partial charge >= 0.3 is 0 Å². The molecule has 0 bridgehead atoms. The summed E-state index contributed by atoms with van der Waals surface area (Å²) in [4.78, 5) is 0. The van der Waals surface area contributed by atoms with Gasteiger partial charge in [0.2, 0.25) is 0 Å². The zero-order valence-electron chi connectivity index (χ0n) is 7.11. The zero-order valence-corrected chi connectivity index (χ0v) is 8.74. The highest BCUT2D eigenvalue weighted by Gasteiger charge is 2.02. The van der Waals surface area contributed by atoms with E-state index in [9.17, 15) is 5.11 Å². The maximum atomic E-state index is 9.34. The summed E-state index contributed by atoms with van der Waals surface area (Å²) in [5.41, 5.74) is 0. The van der Waals surface area contributed by atoms with E-state index in [4.69, 9.17) is 5.11 Å². The molecule has 0 aromatic heterocycles. The van der Waals surface area contributed by atoms with Crippen LogP contribution in [-0.4, -0.2) is 45.9 Å². The van der Waals surface area contributed by atoms with E-state index in [1.165, 1.54) is 0 Å². The first-order valence-corrected chi connectivity index (χ1v) is 6.17. The lowest BCUT2D eigenvalue weighted by atomic mass is 10.5. The SMILES string of the molecule is C=CCSCC(O)CSCCO. The van der Waals surface area contributed by atoms with Crippen LogP contribution in [0.3, 0.4) is 0 Å². The summed E-state index contributed by atoms with van der Waals surface area (Å²) in [6, 6.07) is 0. The Labute approximate surface area is 82.4 Å². The average Bonchev–Trinajstić information content (AvgIpc) is 2.06. The Hall–Kier alpha value is 0.360. The number of hydrogen-bond donors (Lipinski definition) is 2. The number of thioether (sulfide) groups is 2. The summed E-state index contributed by atoms with van der Waals surface area (Å²) in [6.45, 7) is 3.78. The minimum absolute atomic E-state index is 0.192. The van der Waals surface area contributed by atoms with Crippen LogP contribution >= 0.6 is 23.5 Å². The molecule has 0 aliphatic heterocycles. The lowest BCUT2D eigenvalue weighted by Crippen LogP contribution is -2.14. The van der Waals surface area contributed by atoms with Crippen LogP contribution in [0.1, 0.15) is 0 Å². The quantitative estimate of drug-likeness (QED) is 0.461. The largest absolute Gasteiger partial charge is 0.396 e. The summed E-state index contributed by atoms with van der Waals surface area (Å²) >= 11 is 3.26. The minimum atomic E-state index is -0.258. The molecule has 72 valence electrons. The first kappa shape index (κ1) is 12.4. The van der Waals surface area contributed by atoms with Gasteiger partial charge in [0.15, 0.2) is 0 Å². The third kappa shape index (κ3) is 8.46. The predicted octanol–water partition coefficient (Wildman–Crippen LogP) is 0.992. The van der Waals surface area contributed by atoms with Crippen molar-refractivity contribution < 1.29 is 10.2 Å². The van der Waals surface area contributed by atoms with Crippen LogP contribution in [0.4, 0.5) is 0 Å². The molecule has 4 heteroatoms. The average molecular weight is 208 g/mol. The molecule has 0 saturated carbocycles. The van der Waals surface area contributed by atoms with Gasteiger partial charge in [-0.25, -0.2) is 0 Å². The summed E-state index contributed by atoms with van der Waals surface area (Å²) in [7, 11) is 0. The lowest BCUT2D eigenvalue weighted by Gasteiger charge is -2.07. The monoisotopic (exact) mass is 208 g/mol. The summed E-state index contributed by atoms with van der Waals surface area (Å²) in [5.74, 6) is 3.07. The van der Waals surface area contributed by atoms with E-state index in [2.05, 4.69) is 6.58 Å². The van der Waals surface area contributed by atoms with Crippen LogP contribution in [0, 0.1) is 0 Å². The molecule has 0 saturated heterocycles. The van der Waals surface area contributed by atoms with Gasteiger partial charge in [-0.1, -0.05) is 6.08 Å². The molecule has 0 aliphatic rings. The fourth-order valence-corrected chi connectivity index (χ4v) is 2.15. The third-order valence-corrected chi connectivity index (χ3v) is 3.28. The Bertz CT molecular complexity index is 109. The molecule has 0 heterocycles. The topological polar surface area (TPSA) is 40.5 Å². The zero-order chi connectivity index (χ0) is 9.23. The summed E-state index contributed by atoms with van der Waals surface area (Å²) < 4.78 is 0. The van der Waals surface area contributed by atoms with Crippen LogP contribution < -0.4 is 0 Å². The van der Waals surface area contributed by atoms with Gasteiger partial charge in [-0.3, -0.25) is 0 Å². The molecule has 1 unspecified atom stereocenters. The van der Waals surface area contributed by atoms with Crippen molar-refractivity contribution >= 4 is 23.5 Å². The number of rotatable bonds is 8. The molecular formula is C8H16O2S2. The molecule has 0 fully saturated rings. The molecule has 0 aromatic carbocycles. The van der Waals surface area contributed by atoms with Crippen molar-refractivity contribution in [3.8, 4) is 0 Å². The standard InChI is InChI=1S/C8H16O2S2/c1-2-4-11-6-8(10)7-12-5-3-9/h2,8-10H,1,3-7H2. The molecule has 0 spiro atoms. The highest BCUT2D eigenvalue weighted by Crippen LogP contribution is 2.08. The summed E-state index contributed by atoms with van der Waals surface area (Å²) in [6.07, 6.45) is 1.57. The second-order valence-electron chi connectivity index (χ2n) is 2.28. The normalized spacial score (nSPS) is 12.8. The van der Waals surface area contributed by atoms with E-state index in [1.54, 1.807) is 23.5 Å². The van der Waals surface area contributed by atoms with Gasteiger partial charge in [0.05, 0.1) is 12.7 Å². The van der Waals surface area contributed by atoms with Crippen LogP contribution in [0.15, 0.2) is 12.7 Å². The first-order valence-electron chi connectivity index (χ1n) is 3.86. The third-order valence-electron chi connectivity index (χ3n) is 1.09. The van der Waals surface area contributed by atoms with Gasteiger partial charge in [-0.05, 0) is 0 Å². The van der Waals surface area contributed by atoms with Crippen LogP contribution in [-0.2, 0) is 0 Å². The van der Waals surface area contributed by atoms with E-state index < -0.39 is 0 Å². The van der Waals surface area contributed by atoms with Crippen LogP contribution in [0.5, 0.6) is 0 Å². The Balaban J connectivity index is 3.09. The predicted molar refractivity (Wildman–Crippen MR) is 57.9 cm³/mol. The Morgan fingerprint density at radius 2 is 2.00 bits per heavy atom. The van der Waals surface area contributed by atoms with Crippen molar-refractivity contribution in [3.05, 3.63) is 12.7 Å². The molecule has 0 amide bonds. The second kappa shape index (κ2) is 9.45. The van der Waals surface area contributed by atoms with E-state index in [-0.39, 0.29) is 12.7 Å². The van der Waals surface area contributed by atoms with Crippen molar-refractivity contribution in [1.82, 2.24) is 0 Å². The van der Waals surface area contributed by atoms with E-state index in [1.807, 2.05) is 6.08 Å². The molecule has 0 aromatic rings. The Kier molecular flexibility index (Phi) is 9.73. The van der Waals surface area contributed by atoms with Crippen molar-refractivity contribution in [3.63, 3.8) is 0 Å². The van der Waals surface area contributed by atoms with Gasteiger partial charge in [-0.15, -0.1) is 6.58 Å². The molecule has 2 N–H and O–H groups in total. The van der Waals surface area contributed by atoms with Crippen LogP contribution in [0.2, 0.25) is 0 Å². The fraction of sp³-hybridized carbons (Fsp3) is 0.750. The van der Waals surface area contributed by atoms with Gasteiger partial charge in [0.25, 0.3) is 0 Å². The first-order chi connectivity index (χ1) is 5.81. The number of aliphatic hydroxyl groups is 2. The Morgan fingerprint density at radius 3 is 2.58 bits per heavy atom. The van der Waals surface area contributed by atoms with Gasteiger partial charge in [0, 0.05) is 23.0 Å². The molecular weight excluding hydrogens is 192 g/mol. The van der Waals surface area contributed by atoms with Gasteiger partial charge in [-0.2, -0.15) is 23.5 Å². The molecule has 1 atom stereocenters. The maximum Gasteiger partial charge on any atom is 0.0721 e. The van der Waals surface area contributed by atoms with Crippen molar-refractivity contribution in [2.75, 3.05) is 29.6 Å². The molecule has 2 nitrogen and oxygen atoms in total. The van der Waals surface area contributed by atoms with Crippen molar-refractivity contribution in [2.24, 2.45) is 0 Å². The van der Waals surface area contributed by atoms with Crippen molar-refractivity contribution in [2.45, 2.75) is 6.10 Å². The second-order valence-corrected chi connectivity index (χ2v) is 4.50. The lowest BCUT2D eigenvalue weighted by molar-refractivity contribution is 0.225. The fourth-order valence-electron chi connectivity index (χ4n) is 0.619. The highest BCUT2D eigenvalue weighted by molar-refractivity contribution is 8.00. The molecule has 12 heavy (non-hydrogen) atoms. The molecule has 0 aliphatic carbocycles. The van der Waals surface area contributed by atoms with Gasteiger partial charge < -0.3 is 10.2 Å².